The molecule has 2 heterocycles. The first-order valence-corrected chi connectivity index (χ1v) is 9.04. The maximum absolute atomic E-state index is 12.7. The van der Waals surface area contributed by atoms with Gasteiger partial charge in [-0.1, -0.05) is 30.3 Å². The third-order valence-corrected chi connectivity index (χ3v) is 4.79. The first kappa shape index (κ1) is 17.1. The molecule has 1 atom stereocenters. The van der Waals surface area contributed by atoms with Crippen LogP contribution in [0, 0.1) is 0 Å². The van der Waals surface area contributed by atoms with Crippen LogP contribution in [0.25, 0.3) is 22.0 Å². The lowest BCUT2D eigenvalue weighted by Crippen LogP contribution is -2.34. The number of carbonyl (C=O) groups excluding carboxylic acids is 1. The van der Waals surface area contributed by atoms with Crippen LogP contribution >= 0.6 is 0 Å². The van der Waals surface area contributed by atoms with Crippen LogP contribution in [-0.2, 0) is 17.9 Å². The van der Waals surface area contributed by atoms with E-state index in [0.29, 0.717) is 12.3 Å². The number of rotatable bonds is 5. The summed E-state index contributed by atoms with van der Waals surface area (Å²) in [6.07, 6.45) is 0. The lowest BCUT2D eigenvalue weighted by atomic mass is 10.2. The zero-order valence-corrected chi connectivity index (χ0v) is 15.3. The molecule has 0 saturated heterocycles. The molecule has 4 aromatic rings. The van der Waals surface area contributed by atoms with Gasteiger partial charge in [-0.25, -0.2) is 4.79 Å². The number of nitrogens with one attached hydrogen (secondary N) is 1. The van der Waals surface area contributed by atoms with Crippen molar-refractivity contribution in [2.75, 3.05) is 0 Å². The topological polar surface area (TPSA) is 69.2 Å². The van der Waals surface area contributed by atoms with E-state index in [4.69, 9.17) is 4.42 Å². The number of nitrogens with zero attached hydrogens (tertiary/aromatic N) is 2. The lowest BCUT2D eigenvalue weighted by molar-refractivity contribution is -0.122. The molecule has 6 heteroatoms. The third kappa shape index (κ3) is 3.03. The van der Waals surface area contributed by atoms with Crippen LogP contribution in [0.4, 0.5) is 0 Å². The number of para-hydroxylation sites is 3. The summed E-state index contributed by atoms with van der Waals surface area (Å²) < 4.78 is 8.99. The molecule has 27 heavy (non-hydrogen) atoms. The van der Waals surface area contributed by atoms with E-state index in [-0.39, 0.29) is 24.2 Å². The molecule has 0 spiro atoms. The number of aryl methyl sites for hydroxylation is 1. The summed E-state index contributed by atoms with van der Waals surface area (Å²) in [4.78, 5) is 25.2. The molecule has 138 valence electrons. The molecular formula is C21H21N3O3. The normalized spacial score (nSPS) is 12.5. The summed E-state index contributed by atoms with van der Waals surface area (Å²) in [5.74, 6) is 0.456. The molecule has 6 nitrogen and oxygen atoms in total. The van der Waals surface area contributed by atoms with Gasteiger partial charge in [-0.2, -0.15) is 0 Å². The zero-order chi connectivity index (χ0) is 19.0. The third-order valence-electron chi connectivity index (χ3n) is 4.79. The van der Waals surface area contributed by atoms with Crippen molar-refractivity contribution in [3.05, 3.63) is 70.8 Å². The molecule has 0 bridgehead atoms. The predicted octanol–water partition coefficient (Wildman–Crippen LogP) is 3.45. The highest BCUT2D eigenvalue weighted by Crippen LogP contribution is 2.23. The molecule has 0 unspecified atom stereocenters. The van der Waals surface area contributed by atoms with Gasteiger partial charge in [0.2, 0.25) is 5.91 Å². The molecule has 0 radical (unpaired) electrons. The van der Waals surface area contributed by atoms with Gasteiger partial charge in [-0.15, -0.1) is 0 Å². The Balaban J connectivity index is 1.57. The number of benzene rings is 2. The molecule has 1 amide bonds. The van der Waals surface area contributed by atoms with Crippen LogP contribution in [0.5, 0.6) is 0 Å². The van der Waals surface area contributed by atoms with E-state index in [2.05, 4.69) is 5.32 Å². The Morgan fingerprint density at radius 1 is 1.07 bits per heavy atom. The summed E-state index contributed by atoms with van der Waals surface area (Å²) in [6.45, 7) is 4.32. The number of fused-ring (bicyclic) bond motifs is 2. The highest BCUT2D eigenvalue weighted by molar-refractivity contribution is 5.81. The van der Waals surface area contributed by atoms with Gasteiger partial charge in [-0.05, 0) is 38.1 Å². The van der Waals surface area contributed by atoms with Crippen molar-refractivity contribution in [1.82, 2.24) is 14.5 Å². The average Bonchev–Trinajstić information content (AvgIpc) is 3.21. The van der Waals surface area contributed by atoms with Gasteiger partial charge in [0, 0.05) is 11.9 Å². The van der Waals surface area contributed by atoms with E-state index in [1.807, 2.05) is 68.4 Å². The van der Waals surface area contributed by atoms with Crippen LogP contribution in [0.2, 0.25) is 0 Å². The lowest BCUT2D eigenvalue weighted by Gasteiger charge is -2.11. The van der Waals surface area contributed by atoms with Crippen LogP contribution in [0.15, 0.2) is 63.8 Å². The molecule has 0 aliphatic carbocycles. The van der Waals surface area contributed by atoms with E-state index >= 15 is 0 Å². The second kappa shape index (κ2) is 6.79. The largest absolute Gasteiger partial charge is 0.459 e. The van der Waals surface area contributed by atoms with Gasteiger partial charge < -0.3 is 9.73 Å². The minimum Gasteiger partial charge on any atom is -0.459 e. The number of hydrogen-bond acceptors (Lipinski definition) is 3. The first-order valence-electron chi connectivity index (χ1n) is 9.04. The molecule has 0 aliphatic heterocycles. The van der Waals surface area contributed by atoms with E-state index in [1.54, 1.807) is 4.57 Å². The maximum Gasteiger partial charge on any atom is 0.329 e. The molecule has 4 rings (SSSR count). The highest BCUT2D eigenvalue weighted by atomic mass is 16.3. The van der Waals surface area contributed by atoms with E-state index in [0.717, 1.165) is 22.0 Å². The maximum atomic E-state index is 12.7. The Morgan fingerprint density at radius 2 is 1.74 bits per heavy atom. The summed E-state index contributed by atoms with van der Waals surface area (Å²) in [5, 5.41) is 3.92. The van der Waals surface area contributed by atoms with E-state index in [1.165, 1.54) is 4.57 Å². The van der Waals surface area contributed by atoms with Crippen molar-refractivity contribution in [1.29, 1.82) is 0 Å². The highest BCUT2D eigenvalue weighted by Gasteiger charge is 2.18. The Hall–Kier alpha value is -3.28. The Morgan fingerprint density at radius 3 is 2.44 bits per heavy atom. The summed E-state index contributed by atoms with van der Waals surface area (Å²) in [6, 6.07) is 16.9. The van der Waals surface area contributed by atoms with Gasteiger partial charge in [0.1, 0.15) is 17.9 Å². The van der Waals surface area contributed by atoms with Gasteiger partial charge in [0.05, 0.1) is 17.1 Å². The number of furan rings is 1. The van der Waals surface area contributed by atoms with Crippen molar-refractivity contribution in [3.8, 4) is 0 Å². The summed E-state index contributed by atoms with van der Waals surface area (Å²) >= 11 is 0. The van der Waals surface area contributed by atoms with Crippen molar-refractivity contribution in [3.63, 3.8) is 0 Å². The fraction of sp³-hybridized carbons (Fsp3) is 0.238. The molecule has 2 aromatic carbocycles. The Labute approximate surface area is 156 Å². The Kier molecular flexibility index (Phi) is 4.32. The number of carbonyl (C=O) groups is 1. The van der Waals surface area contributed by atoms with Gasteiger partial charge >= 0.3 is 5.69 Å². The molecule has 2 aromatic heterocycles. The molecule has 0 aliphatic rings. The fourth-order valence-electron chi connectivity index (χ4n) is 3.45. The van der Waals surface area contributed by atoms with Crippen molar-refractivity contribution >= 4 is 27.9 Å². The minimum atomic E-state index is -0.292. The van der Waals surface area contributed by atoms with Crippen LogP contribution in [0.1, 0.15) is 25.6 Å². The monoisotopic (exact) mass is 363 g/mol. The van der Waals surface area contributed by atoms with Crippen LogP contribution in [0.3, 0.4) is 0 Å². The molecule has 0 saturated carbocycles. The van der Waals surface area contributed by atoms with Crippen molar-refractivity contribution < 1.29 is 9.21 Å². The second-order valence-electron chi connectivity index (χ2n) is 6.58. The van der Waals surface area contributed by atoms with Gasteiger partial charge in [-0.3, -0.25) is 13.9 Å². The summed E-state index contributed by atoms with van der Waals surface area (Å²) in [7, 11) is 0. The molecule has 1 N–H and O–H groups in total. The SMILES string of the molecule is CCn1c(=O)n(CC(=O)N[C@@H](C)c2cc3ccccc3o2)c2ccccc21. The molecular weight excluding hydrogens is 342 g/mol. The zero-order valence-electron chi connectivity index (χ0n) is 15.3. The summed E-state index contributed by atoms with van der Waals surface area (Å²) in [5.41, 5.74) is 2.21. The second-order valence-corrected chi connectivity index (χ2v) is 6.58. The standard InChI is InChI=1S/C21H21N3O3/c1-3-23-16-9-5-6-10-17(16)24(21(23)26)13-20(25)22-14(2)19-12-15-8-4-7-11-18(15)27-19/h4-12,14H,3,13H2,1-2H3,(H,22,25)/t14-/m0/s1. The number of aromatic nitrogens is 2. The van der Waals surface area contributed by atoms with Crippen molar-refractivity contribution in [2.45, 2.75) is 33.0 Å². The number of hydrogen-bond donors (Lipinski definition) is 1. The van der Waals surface area contributed by atoms with Gasteiger partial charge in [0.25, 0.3) is 0 Å². The van der Waals surface area contributed by atoms with Crippen LogP contribution in [-0.4, -0.2) is 15.0 Å². The minimum absolute atomic E-state index is 0.0308. The Bertz CT molecular complexity index is 1150. The quantitative estimate of drug-likeness (QED) is 0.590. The van der Waals surface area contributed by atoms with E-state index in [9.17, 15) is 9.59 Å². The fourth-order valence-corrected chi connectivity index (χ4v) is 3.45. The average molecular weight is 363 g/mol. The van der Waals surface area contributed by atoms with Gasteiger partial charge in [0.15, 0.2) is 0 Å². The van der Waals surface area contributed by atoms with Crippen LogP contribution < -0.4 is 11.0 Å². The number of amides is 1. The number of imidazole rings is 1. The first-order chi connectivity index (χ1) is 13.1. The smallest absolute Gasteiger partial charge is 0.329 e. The predicted molar refractivity (Wildman–Crippen MR) is 105 cm³/mol. The molecule has 0 fully saturated rings. The van der Waals surface area contributed by atoms with Crippen molar-refractivity contribution in [2.24, 2.45) is 0 Å². The van der Waals surface area contributed by atoms with E-state index < -0.39 is 0 Å².